The molecule has 102 valence electrons. The van der Waals surface area contributed by atoms with Crippen molar-refractivity contribution in [2.75, 3.05) is 0 Å². The minimum Gasteiger partial charge on any atom is -0.456 e. The Balaban J connectivity index is 1.96. The van der Waals surface area contributed by atoms with Crippen LogP contribution >= 0.6 is 0 Å². The molecule has 3 aromatic rings. The van der Waals surface area contributed by atoms with Crippen LogP contribution in [0.5, 0.6) is 11.5 Å². The predicted molar refractivity (Wildman–Crippen MR) is 80.9 cm³/mol. The number of ether oxygens (including phenoxy) is 1. The zero-order valence-electron chi connectivity index (χ0n) is 11.3. The second kappa shape index (κ2) is 5.61. The van der Waals surface area contributed by atoms with Gasteiger partial charge in [-0.05, 0) is 35.9 Å². The van der Waals surface area contributed by atoms with E-state index in [1.54, 1.807) is 18.3 Å². The van der Waals surface area contributed by atoms with Crippen molar-refractivity contribution in [3.63, 3.8) is 0 Å². The molecule has 4 heteroatoms. The quantitative estimate of drug-likeness (QED) is 0.795. The average Bonchev–Trinajstić information content (AvgIpc) is 2.55. The third kappa shape index (κ3) is 2.69. The standard InChI is InChI=1S/C17H13N3O/c18-10-12-3-6-17(14(8-12)11-19)21-15-5-4-13-2-1-7-20-16(13)9-15/h1-9H,10,18H2. The van der Waals surface area contributed by atoms with Gasteiger partial charge in [0, 0.05) is 24.2 Å². The molecule has 0 atom stereocenters. The molecule has 0 amide bonds. The Morgan fingerprint density at radius 2 is 2.05 bits per heavy atom. The number of pyridine rings is 1. The first-order valence-electron chi connectivity index (χ1n) is 6.56. The van der Waals surface area contributed by atoms with Gasteiger partial charge in [0.1, 0.15) is 17.6 Å². The van der Waals surface area contributed by atoms with Crippen LogP contribution in [0, 0.1) is 11.3 Å². The maximum atomic E-state index is 9.21. The van der Waals surface area contributed by atoms with Crippen molar-refractivity contribution < 1.29 is 4.74 Å². The number of aromatic nitrogens is 1. The molecule has 0 spiro atoms. The molecule has 0 aliphatic heterocycles. The highest BCUT2D eigenvalue weighted by Gasteiger charge is 2.06. The van der Waals surface area contributed by atoms with Crippen molar-refractivity contribution in [2.24, 2.45) is 5.73 Å². The number of nitriles is 1. The van der Waals surface area contributed by atoms with Gasteiger partial charge in [0.2, 0.25) is 0 Å². The summed E-state index contributed by atoms with van der Waals surface area (Å²) in [5, 5.41) is 10.3. The number of benzene rings is 2. The van der Waals surface area contributed by atoms with Crippen LogP contribution in [0.2, 0.25) is 0 Å². The van der Waals surface area contributed by atoms with Crippen LogP contribution in [-0.4, -0.2) is 4.98 Å². The van der Waals surface area contributed by atoms with E-state index in [0.29, 0.717) is 23.6 Å². The van der Waals surface area contributed by atoms with E-state index in [4.69, 9.17) is 10.5 Å². The molecule has 0 radical (unpaired) electrons. The Labute approximate surface area is 122 Å². The predicted octanol–water partition coefficient (Wildman–Crippen LogP) is 3.36. The van der Waals surface area contributed by atoms with Crippen LogP contribution in [0.4, 0.5) is 0 Å². The van der Waals surface area contributed by atoms with Crippen molar-refractivity contribution in [3.05, 3.63) is 65.9 Å². The molecule has 4 nitrogen and oxygen atoms in total. The minimum atomic E-state index is 0.398. The summed E-state index contributed by atoms with van der Waals surface area (Å²) in [5.41, 5.74) is 7.81. The normalized spacial score (nSPS) is 10.3. The van der Waals surface area contributed by atoms with Crippen molar-refractivity contribution >= 4 is 10.9 Å². The highest BCUT2D eigenvalue weighted by atomic mass is 16.5. The molecule has 0 bridgehead atoms. The summed E-state index contributed by atoms with van der Waals surface area (Å²) < 4.78 is 5.80. The zero-order valence-corrected chi connectivity index (χ0v) is 11.3. The summed E-state index contributed by atoms with van der Waals surface area (Å²) in [6.45, 7) is 0.398. The average molecular weight is 275 g/mol. The summed E-state index contributed by atoms with van der Waals surface area (Å²) in [4.78, 5) is 4.29. The minimum absolute atomic E-state index is 0.398. The van der Waals surface area contributed by atoms with Gasteiger partial charge in [-0.3, -0.25) is 4.98 Å². The Hall–Kier alpha value is -2.90. The Morgan fingerprint density at radius 1 is 1.14 bits per heavy atom. The summed E-state index contributed by atoms with van der Waals surface area (Å²) >= 11 is 0. The summed E-state index contributed by atoms with van der Waals surface area (Å²) in [7, 11) is 0. The molecule has 0 aliphatic carbocycles. The van der Waals surface area contributed by atoms with Gasteiger partial charge < -0.3 is 10.5 Å². The molecule has 21 heavy (non-hydrogen) atoms. The van der Waals surface area contributed by atoms with E-state index in [0.717, 1.165) is 16.5 Å². The van der Waals surface area contributed by atoms with E-state index in [1.165, 1.54) is 0 Å². The zero-order chi connectivity index (χ0) is 14.7. The number of nitrogens with zero attached hydrogens (tertiary/aromatic N) is 2. The van der Waals surface area contributed by atoms with Crippen LogP contribution in [0.15, 0.2) is 54.7 Å². The lowest BCUT2D eigenvalue weighted by Crippen LogP contribution is -1.97. The molecule has 0 saturated heterocycles. The monoisotopic (exact) mass is 275 g/mol. The number of nitrogens with two attached hydrogens (primary N) is 1. The molecule has 0 saturated carbocycles. The fourth-order valence-electron chi connectivity index (χ4n) is 2.12. The van der Waals surface area contributed by atoms with E-state index >= 15 is 0 Å². The van der Waals surface area contributed by atoms with Crippen LogP contribution in [-0.2, 0) is 6.54 Å². The van der Waals surface area contributed by atoms with Crippen LogP contribution in [0.3, 0.4) is 0 Å². The van der Waals surface area contributed by atoms with Gasteiger partial charge >= 0.3 is 0 Å². The summed E-state index contributed by atoms with van der Waals surface area (Å²) in [6.07, 6.45) is 1.74. The molecule has 0 fully saturated rings. The largest absolute Gasteiger partial charge is 0.456 e. The Kier molecular flexibility index (Phi) is 3.50. The van der Waals surface area contributed by atoms with Crippen molar-refractivity contribution in [1.29, 1.82) is 5.26 Å². The maximum absolute atomic E-state index is 9.21. The van der Waals surface area contributed by atoms with Gasteiger partial charge in [0.25, 0.3) is 0 Å². The first kappa shape index (κ1) is 13.1. The molecule has 1 aromatic heterocycles. The fourth-order valence-corrected chi connectivity index (χ4v) is 2.12. The third-order valence-electron chi connectivity index (χ3n) is 3.21. The van der Waals surface area contributed by atoms with E-state index in [2.05, 4.69) is 11.1 Å². The lowest BCUT2D eigenvalue weighted by atomic mass is 10.1. The Morgan fingerprint density at radius 3 is 2.86 bits per heavy atom. The van der Waals surface area contributed by atoms with E-state index < -0.39 is 0 Å². The van der Waals surface area contributed by atoms with E-state index in [9.17, 15) is 5.26 Å². The third-order valence-corrected chi connectivity index (χ3v) is 3.21. The van der Waals surface area contributed by atoms with Crippen LogP contribution in [0.1, 0.15) is 11.1 Å². The summed E-state index contributed by atoms with van der Waals surface area (Å²) in [6, 6.07) is 17.0. The lowest BCUT2D eigenvalue weighted by molar-refractivity contribution is 0.481. The van der Waals surface area contributed by atoms with E-state index in [-0.39, 0.29) is 0 Å². The molecule has 2 aromatic carbocycles. The van der Waals surface area contributed by atoms with Gasteiger partial charge in [0.15, 0.2) is 0 Å². The molecule has 0 unspecified atom stereocenters. The maximum Gasteiger partial charge on any atom is 0.145 e. The molecule has 3 rings (SSSR count). The van der Waals surface area contributed by atoms with Crippen molar-refractivity contribution in [2.45, 2.75) is 6.54 Å². The second-order valence-electron chi connectivity index (χ2n) is 4.61. The van der Waals surface area contributed by atoms with Gasteiger partial charge in [-0.2, -0.15) is 5.26 Å². The Bertz CT molecular complexity index is 837. The molecular formula is C17H13N3O. The molecule has 0 aliphatic rings. The van der Waals surface area contributed by atoms with Crippen LogP contribution < -0.4 is 10.5 Å². The van der Waals surface area contributed by atoms with Crippen LogP contribution in [0.25, 0.3) is 10.9 Å². The topological polar surface area (TPSA) is 71.9 Å². The highest BCUT2D eigenvalue weighted by molar-refractivity contribution is 5.79. The number of hydrogen-bond donors (Lipinski definition) is 1. The van der Waals surface area contributed by atoms with Gasteiger partial charge in [-0.1, -0.05) is 12.1 Å². The van der Waals surface area contributed by atoms with Gasteiger partial charge in [0.05, 0.1) is 11.1 Å². The van der Waals surface area contributed by atoms with Crippen molar-refractivity contribution in [1.82, 2.24) is 4.98 Å². The van der Waals surface area contributed by atoms with E-state index in [1.807, 2.05) is 36.4 Å². The summed E-state index contributed by atoms with van der Waals surface area (Å²) in [5.74, 6) is 1.17. The van der Waals surface area contributed by atoms with Gasteiger partial charge in [-0.15, -0.1) is 0 Å². The fraction of sp³-hybridized carbons (Fsp3) is 0.0588. The molecule has 1 heterocycles. The van der Waals surface area contributed by atoms with Gasteiger partial charge in [-0.25, -0.2) is 0 Å². The van der Waals surface area contributed by atoms with Crippen molar-refractivity contribution in [3.8, 4) is 17.6 Å². The lowest BCUT2D eigenvalue weighted by Gasteiger charge is -2.09. The SMILES string of the molecule is N#Cc1cc(CN)ccc1Oc1ccc2cccnc2c1. The first-order valence-corrected chi connectivity index (χ1v) is 6.56. The first-order chi connectivity index (χ1) is 10.3. The molecular weight excluding hydrogens is 262 g/mol. The second-order valence-corrected chi connectivity index (χ2v) is 4.61. The number of hydrogen-bond acceptors (Lipinski definition) is 4. The number of rotatable bonds is 3. The molecule has 2 N–H and O–H groups in total. The highest BCUT2D eigenvalue weighted by Crippen LogP contribution is 2.27. The smallest absolute Gasteiger partial charge is 0.145 e. The number of fused-ring (bicyclic) bond motifs is 1.